The molecule has 1 heterocycles. The third-order valence-corrected chi connectivity index (χ3v) is 6.26. The number of fused-ring (bicyclic) bond motifs is 1. The molecule has 5 rings (SSSR count). The smallest absolute Gasteiger partial charge is 0.255 e. The molecule has 5 aromatic rings. The van der Waals surface area contributed by atoms with Crippen LogP contribution in [0.5, 0.6) is 0 Å². The van der Waals surface area contributed by atoms with Crippen molar-refractivity contribution in [3.8, 4) is 10.6 Å². The Bertz CT molecular complexity index is 1460. The molecule has 7 heteroatoms. The number of benzene rings is 4. The van der Waals surface area contributed by atoms with Crippen LogP contribution in [0, 0.1) is 6.92 Å². The number of amides is 1. The summed E-state index contributed by atoms with van der Waals surface area (Å²) in [5.41, 5.74) is 17.6. The molecule has 6 nitrogen and oxygen atoms in total. The van der Waals surface area contributed by atoms with Crippen LogP contribution in [0.25, 0.3) is 20.8 Å². The lowest BCUT2D eigenvalue weighted by molar-refractivity contribution is 0.102. The molecule has 35 heavy (non-hydrogen) atoms. The predicted octanol–water partition coefficient (Wildman–Crippen LogP) is 6.19. The van der Waals surface area contributed by atoms with Crippen molar-refractivity contribution in [3.05, 3.63) is 108 Å². The highest BCUT2D eigenvalue weighted by molar-refractivity contribution is 7.21. The van der Waals surface area contributed by atoms with E-state index in [2.05, 4.69) is 36.5 Å². The minimum Gasteiger partial charge on any atom is -0.399 e. The Balaban J connectivity index is 0.000000271. The summed E-state index contributed by atoms with van der Waals surface area (Å²) in [5.74, 6) is -0.160. The van der Waals surface area contributed by atoms with Gasteiger partial charge >= 0.3 is 0 Å². The fraction of sp³-hybridized carbons (Fsp3) is 0.0357. The van der Waals surface area contributed by atoms with E-state index in [4.69, 9.17) is 16.5 Å². The number of hydrogen-bond donors (Lipinski definition) is 3. The molecule has 0 spiro atoms. The highest BCUT2D eigenvalue weighted by atomic mass is 32.1. The number of aromatic nitrogens is 1. The summed E-state index contributed by atoms with van der Waals surface area (Å²) >= 11 is 1.62. The zero-order valence-electron chi connectivity index (χ0n) is 19.1. The van der Waals surface area contributed by atoms with E-state index in [9.17, 15) is 9.59 Å². The first-order valence-electron chi connectivity index (χ1n) is 10.9. The van der Waals surface area contributed by atoms with Crippen LogP contribution in [-0.4, -0.2) is 17.2 Å². The minimum absolute atomic E-state index is 0.160. The van der Waals surface area contributed by atoms with Crippen molar-refractivity contribution in [1.82, 2.24) is 4.98 Å². The van der Waals surface area contributed by atoms with Gasteiger partial charge in [0.1, 0.15) is 11.3 Å². The molecule has 0 fully saturated rings. The summed E-state index contributed by atoms with van der Waals surface area (Å²) in [6.45, 7) is 2.07. The summed E-state index contributed by atoms with van der Waals surface area (Å²) in [6.07, 6.45) is 0.791. The maximum Gasteiger partial charge on any atom is 0.255 e. The number of nitrogens with one attached hydrogen (secondary N) is 1. The molecule has 0 aliphatic carbocycles. The fourth-order valence-electron chi connectivity index (χ4n) is 3.23. The van der Waals surface area contributed by atoms with Crippen molar-refractivity contribution in [2.45, 2.75) is 6.92 Å². The Morgan fingerprint density at radius 1 is 0.857 bits per heavy atom. The van der Waals surface area contributed by atoms with Gasteiger partial charge in [0.15, 0.2) is 0 Å². The quantitative estimate of drug-likeness (QED) is 0.210. The number of aldehydes is 1. The van der Waals surface area contributed by atoms with Crippen LogP contribution in [0.2, 0.25) is 0 Å². The van der Waals surface area contributed by atoms with Gasteiger partial charge in [-0.25, -0.2) is 4.98 Å². The maximum atomic E-state index is 12.4. The summed E-state index contributed by atoms with van der Waals surface area (Å²) < 4.78 is 1.04. The molecule has 0 unspecified atom stereocenters. The first kappa shape index (κ1) is 23.7. The average molecular weight is 481 g/mol. The number of thiazole rings is 1. The van der Waals surface area contributed by atoms with Gasteiger partial charge < -0.3 is 16.8 Å². The van der Waals surface area contributed by atoms with Crippen molar-refractivity contribution in [3.63, 3.8) is 0 Å². The number of anilines is 3. The molecule has 0 radical (unpaired) electrons. The van der Waals surface area contributed by atoms with E-state index in [0.29, 0.717) is 22.5 Å². The van der Waals surface area contributed by atoms with E-state index in [1.807, 2.05) is 18.2 Å². The third-order valence-electron chi connectivity index (χ3n) is 5.19. The predicted molar refractivity (Wildman–Crippen MR) is 145 cm³/mol. The highest BCUT2D eigenvalue weighted by Crippen LogP contribution is 2.32. The number of nitrogens with two attached hydrogens (primary N) is 2. The number of hydrogen-bond acceptors (Lipinski definition) is 6. The Kier molecular flexibility index (Phi) is 7.18. The Morgan fingerprint density at radius 2 is 1.49 bits per heavy atom. The molecular weight excluding hydrogens is 456 g/mol. The molecule has 174 valence electrons. The van der Waals surface area contributed by atoms with E-state index < -0.39 is 0 Å². The van der Waals surface area contributed by atoms with E-state index in [1.165, 1.54) is 5.56 Å². The lowest BCUT2D eigenvalue weighted by atomic mass is 10.2. The zero-order valence-corrected chi connectivity index (χ0v) is 19.9. The van der Waals surface area contributed by atoms with E-state index in [1.54, 1.807) is 59.9 Å². The molecule has 0 bridgehead atoms. The van der Waals surface area contributed by atoms with Gasteiger partial charge in [0.25, 0.3) is 5.91 Å². The second-order valence-electron chi connectivity index (χ2n) is 7.93. The van der Waals surface area contributed by atoms with Gasteiger partial charge in [0.05, 0.1) is 10.2 Å². The molecular formula is C28H24N4O2S. The number of nitrogen functional groups attached to an aromatic ring is 2. The van der Waals surface area contributed by atoms with Crippen LogP contribution in [-0.2, 0) is 0 Å². The monoisotopic (exact) mass is 480 g/mol. The van der Waals surface area contributed by atoms with Gasteiger partial charge in [0, 0.05) is 33.8 Å². The van der Waals surface area contributed by atoms with Crippen molar-refractivity contribution in [2.75, 3.05) is 16.8 Å². The second kappa shape index (κ2) is 10.6. The third kappa shape index (κ3) is 6.10. The summed E-state index contributed by atoms with van der Waals surface area (Å²) in [7, 11) is 0. The van der Waals surface area contributed by atoms with Crippen LogP contribution in [0.3, 0.4) is 0 Å². The van der Waals surface area contributed by atoms with Crippen molar-refractivity contribution < 1.29 is 9.59 Å². The second-order valence-corrected chi connectivity index (χ2v) is 8.96. The number of aryl methyl sites for hydroxylation is 1. The number of rotatable bonds is 4. The van der Waals surface area contributed by atoms with Gasteiger partial charge in [-0.3, -0.25) is 9.59 Å². The first-order valence-corrected chi connectivity index (χ1v) is 11.7. The topological polar surface area (TPSA) is 111 Å². The highest BCUT2D eigenvalue weighted by Gasteiger charge is 2.10. The zero-order chi connectivity index (χ0) is 24.8. The Morgan fingerprint density at radius 3 is 2.11 bits per heavy atom. The standard InChI is InChI=1S/C21H17N3OS.C7H7NO/c1-13-2-4-15(5-3-13)21-24-18-11-10-17(12-19(18)26-21)23-20(25)14-6-8-16(22)9-7-14;8-7-3-1-6(5-9)2-4-7/h2-12H,22H2,1H3,(H,23,25);1-5H,8H2. The van der Waals surface area contributed by atoms with Crippen molar-refractivity contribution >= 4 is 50.8 Å². The molecule has 0 saturated carbocycles. The lowest BCUT2D eigenvalue weighted by Gasteiger charge is -2.05. The summed E-state index contributed by atoms with van der Waals surface area (Å²) in [5, 5.41) is 3.90. The molecule has 1 amide bonds. The summed E-state index contributed by atoms with van der Waals surface area (Å²) in [4.78, 5) is 27.1. The van der Waals surface area contributed by atoms with E-state index >= 15 is 0 Å². The first-order chi connectivity index (χ1) is 16.9. The minimum atomic E-state index is -0.160. The molecule has 0 aliphatic rings. The van der Waals surface area contributed by atoms with Gasteiger partial charge in [-0.1, -0.05) is 29.8 Å². The number of carbonyl (C=O) groups is 2. The van der Waals surface area contributed by atoms with Gasteiger partial charge in [-0.2, -0.15) is 0 Å². The van der Waals surface area contributed by atoms with Crippen LogP contribution in [0.15, 0.2) is 91.0 Å². The molecule has 0 saturated heterocycles. The normalized spacial score (nSPS) is 10.3. The number of nitrogens with zero attached hydrogens (tertiary/aromatic N) is 1. The van der Waals surface area contributed by atoms with Gasteiger partial charge in [-0.15, -0.1) is 11.3 Å². The van der Waals surface area contributed by atoms with Crippen molar-refractivity contribution in [1.29, 1.82) is 0 Å². The van der Waals surface area contributed by atoms with E-state index in [0.717, 1.165) is 32.8 Å². The van der Waals surface area contributed by atoms with Gasteiger partial charge in [0.2, 0.25) is 0 Å². The fourth-order valence-corrected chi connectivity index (χ4v) is 4.24. The summed E-state index contributed by atoms with van der Waals surface area (Å²) in [6, 6.07) is 27.7. The maximum absolute atomic E-state index is 12.4. The largest absolute Gasteiger partial charge is 0.399 e. The van der Waals surface area contributed by atoms with Crippen LogP contribution >= 0.6 is 11.3 Å². The Hall–Kier alpha value is -4.49. The Labute approximate surface area is 207 Å². The van der Waals surface area contributed by atoms with E-state index in [-0.39, 0.29) is 5.91 Å². The van der Waals surface area contributed by atoms with Crippen LogP contribution in [0.4, 0.5) is 17.1 Å². The molecule has 4 aromatic carbocycles. The molecule has 5 N–H and O–H groups in total. The SMILES string of the molecule is Cc1ccc(-c2nc3ccc(NC(=O)c4ccc(N)cc4)cc3s2)cc1.Nc1ccc(C=O)cc1. The molecule has 1 aromatic heterocycles. The average Bonchev–Trinajstić information content (AvgIpc) is 3.29. The molecule has 0 aliphatic heterocycles. The lowest BCUT2D eigenvalue weighted by Crippen LogP contribution is -2.11. The molecule has 0 atom stereocenters. The van der Waals surface area contributed by atoms with Crippen LogP contribution < -0.4 is 16.8 Å². The van der Waals surface area contributed by atoms with Crippen molar-refractivity contribution in [2.24, 2.45) is 0 Å². The number of carbonyl (C=O) groups excluding carboxylic acids is 2. The van der Waals surface area contributed by atoms with Crippen LogP contribution in [0.1, 0.15) is 26.3 Å². The van der Waals surface area contributed by atoms with Gasteiger partial charge in [-0.05, 0) is 73.7 Å².